The lowest BCUT2D eigenvalue weighted by molar-refractivity contribution is -0.168. The molecule has 0 saturated carbocycles. The van der Waals surface area contributed by atoms with Crippen LogP contribution < -0.4 is 16.2 Å². The minimum absolute atomic E-state index is 0.0713. The van der Waals surface area contributed by atoms with Gasteiger partial charge in [-0.2, -0.15) is 0 Å². The highest BCUT2D eigenvalue weighted by Gasteiger charge is 2.52. The lowest BCUT2D eigenvalue weighted by Crippen LogP contribution is -2.66. The van der Waals surface area contributed by atoms with E-state index in [0.717, 1.165) is 16.3 Å². The molecule has 4 rings (SSSR count). The van der Waals surface area contributed by atoms with Gasteiger partial charge in [0.1, 0.15) is 24.0 Å². The van der Waals surface area contributed by atoms with Crippen LogP contribution in [0.3, 0.4) is 0 Å². The van der Waals surface area contributed by atoms with Gasteiger partial charge >= 0.3 is 18.0 Å². The first kappa shape index (κ1) is 35.8. The van der Waals surface area contributed by atoms with E-state index in [1.165, 1.54) is 0 Å². The van der Waals surface area contributed by atoms with Gasteiger partial charge in [-0.1, -0.05) is 91.0 Å². The highest BCUT2D eigenvalue weighted by atomic mass is 16.6. The fourth-order valence-electron chi connectivity index (χ4n) is 5.09. The quantitative estimate of drug-likeness (QED) is 0.105. The van der Waals surface area contributed by atoms with Crippen molar-refractivity contribution in [2.45, 2.75) is 70.2 Å². The number of aryl methyl sites for hydroxylation is 1. The van der Waals surface area contributed by atoms with Crippen LogP contribution in [0, 0.1) is 0 Å². The van der Waals surface area contributed by atoms with E-state index in [0.29, 0.717) is 10.5 Å². The van der Waals surface area contributed by atoms with Crippen molar-refractivity contribution in [2.75, 3.05) is 6.54 Å². The standard InChI is InChI=1S/C38H43N3O7/c1-37(2,3)48-35(44)38(40,23-22-27-13-6-4-7-14-27)34(43)41(36(45)46-26-28-15-8-5-9-16-28)32(19-12-24-39)33(42)47-31-21-20-29-17-10-11-18-30(29)25-31/h4-11,13-18,20-21,25,32H,12,19,22-24,26,39-40H2,1-3H3/t32-,38-/m0/s1. The molecule has 252 valence electrons. The third-order valence-electron chi connectivity index (χ3n) is 7.62. The summed E-state index contributed by atoms with van der Waals surface area (Å²) in [5.41, 5.74) is 10.6. The van der Waals surface area contributed by atoms with Crippen molar-refractivity contribution in [2.24, 2.45) is 11.5 Å². The van der Waals surface area contributed by atoms with E-state index in [1.54, 1.807) is 63.2 Å². The van der Waals surface area contributed by atoms with E-state index in [1.807, 2.05) is 60.7 Å². The molecular weight excluding hydrogens is 610 g/mol. The Hall–Kier alpha value is -5.06. The zero-order valence-corrected chi connectivity index (χ0v) is 27.6. The number of carbonyl (C=O) groups is 4. The molecule has 0 aliphatic carbocycles. The summed E-state index contributed by atoms with van der Waals surface area (Å²) < 4.78 is 17.0. The number of ether oxygens (including phenoxy) is 3. The van der Waals surface area contributed by atoms with Gasteiger partial charge in [0.15, 0.2) is 5.54 Å². The third kappa shape index (κ3) is 9.49. The molecule has 0 spiro atoms. The first-order valence-corrected chi connectivity index (χ1v) is 15.9. The highest BCUT2D eigenvalue weighted by molar-refractivity contribution is 6.13. The van der Waals surface area contributed by atoms with Crippen LogP contribution in [0.25, 0.3) is 10.8 Å². The van der Waals surface area contributed by atoms with Crippen LogP contribution in [0.4, 0.5) is 4.79 Å². The van der Waals surface area contributed by atoms with Crippen LogP contribution in [0.15, 0.2) is 103 Å². The minimum Gasteiger partial charge on any atom is -0.458 e. The maximum Gasteiger partial charge on any atom is 0.417 e. The Balaban J connectivity index is 1.75. The fraction of sp³-hybridized carbons (Fsp3) is 0.316. The van der Waals surface area contributed by atoms with Crippen LogP contribution in [-0.2, 0) is 36.9 Å². The molecule has 0 heterocycles. The maximum atomic E-state index is 14.7. The molecule has 0 unspecified atom stereocenters. The summed E-state index contributed by atoms with van der Waals surface area (Å²) in [6.07, 6.45) is -1.03. The van der Waals surface area contributed by atoms with Crippen molar-refractivity contribution in [3.8, 4) is 5.75 Å². The van der Waals surface area contributed by atoms with E-state index in [4.69, 9.17) is 25.7 Å². The molecule has 4 N–H and O–H groups in total. The van der Waals surface area contributed by atoms with Gasteiger partial charge in [-0.25, -0.2) is 19.3 Å². The van der Waals surface area contributed by atoms with Gasteiger partial charge in [-0.15, -0.1) is 0 Å². The SMILES string of the molecule is CC(C)(C)OC(=O)[C@](N)(CCc1ccccc1)C(=O)N(C(=O)OCc1ccccc1)[C@@H](CCCN)C(=O)Oc1ccc2ccccc2c1. The molecule has 48 heavy (non-hydrogen) atoms. The van der Waals surface area contributed by atoms with Crippen molar-refractivity contribution >= 4 is 34.7 Å². The van der Waals surface area contributed by atoms with Crippen LogP contribution in [0.2, 0.25) is 0 Å². The maximum absolute atomic E-state index is 14.7. The van der Waals surface area contributed by atoms with Gasteiger partial charge in [0.25, 0.3) is 5.91 Å². The smallest absolute Gasteiger partial charge is 0.417 e. The van der Waals surface area contributed by atoms with Gasteiger partial charge in [-0.05, 0) is 87.0 Å². The molecule has 0 aromatic heterocycles. The predicted octanol–water partition coefficient (Wildman–Crippen LogP) is 5.69. The zero-order valence-electron chi connectivity index (χ0n) is 27.6. The third-order valence-corrected chi connectivity index (χ3v) is 7.62. The van der Waals surface area contributed by atoms with Gasteiger partial charge in [-0.3, -0.25) is 4.79 Å². The summed E-state index contributed by atoms with van der Waals surface area (Å²) in [5, 5.41) is 1.75. The van der Waals surface area contributed by atoms with Crippen molar-refractivity contribution in [3.63, 3.8) is 0 Å². The number of fused-ring (bicyclic) bond motifs is 1. The van der Waals surface area contributed by atoms with Crippen molar-refractivity contribution in [1.82, 2.24) is 4.90 Å². The van der Waals surface area contributed by atoms with E-state index < -0.39 is 41.1 Å². The van der Waals surface area contributed by atoms with Gasteiger partial charge in [0, 0.05) is 0 Å². The number of amides is 2. The lowest BCUT2D eigenvalue weighted by atomic mass is 9.89. The topological polar surface area (TPSA) is 151 Å². The van der Waals surface area contributed by atoms with E-state index in [9.17, 15) is 19.2 Å². The number of hydrogen-bond acceptors (Lipinski definition) is 9. The van der Waals surface area contributed by atoms with Crippen LogP contribution >= 0.6 is 0 Å². The van der Waals surface area contributed by atoms with Crippen LogP contribution in [-0.4, -0.2) is 52.6 Å². The minimum atomic E-state index is -2.38. The largest absolute Gasteiger partial charge is 0.458 e. The molecule has 4 aromatic carbocycles. The number of nitrogens with zero attached hydrogens (tertiary/aromatic N) is 1. The van der Waals surface area contributed by atoms with Crippen molar-refractivity contribution in [3.05, 3.63) is 114 Å². The summed E-state index contributed by atoms with van der Waals surface area (Å²) in [7, 11) is 0. The molecule has 2 atom stereocenters. The number of hydrogen-bond donors (Lipinski definition) is 2. The summed E-state index contributed by atoms with van der Waals surface area (Å²) in [6, 6.07) is 29.1. The summed E-state index contributed by atoms with van der Waals surface area (Å²) in [5.74, 6) is -2.91. The van der Waals surface area contributed by atoms with Gasteiger partial charge in [0.2, 0.25) is 0 Å². The first-order chi connectivity index (χ1) is 22.9. The van der Waals surface area contributed by atoms with Gasteiger partial charge in [0.05, 0.1) is 0 Å². The molecule has 4 aromatic rings. The Bertz CT molecular complexity index is 1710. The van der Waals surface area contributed by atoms with Crippen molar-refractivity contribution in [1.29, 1.82) is 0 Å². The zero-order chi connectivity index (χ0) is 34.7. The summed E-state index contributed by atoms with van der Waals surface area (Å²) >= 11 is 0. The second-order valence-electron chi connectivity index (χ2n) is 12.6. The highest BCUT2D eigenvalue weighted by Crippen LogP contribution is 2.26. The molecular formula is C38H43N3O7. The molecule has 0 bridgehead atoms. The Labute approximate surface area is 280 Å². The normalized spacial score (nSPS) is 13.2. The lowest BCUT2D eigenvalue weighted by Gasteiger charge is -2.36. The Morgan fingerprint density at radius 2 is 1.40 bits per heavy atom. The number of imide groups is 1. The number of esters is 2. The summed E-state index contributed by atoms with van der Waals surface area (Å²) in [6.45, 7) is 4.87. The molecule has 10 heteroatoms. The average molecular weight is 654 g/mol. The van der Waals surface area contributed by atoms with Crippen molar-refractivity contribution < 1.29 is 33.4 Å². The second-order valence-corrected chi connectivity index (χ2v) is 12.6. The Kier molecular flexibility index (Phi) is 12.1. The van der Waals surface area contributed by atoms with E-state index >= 15 is 0 Å². The molecule has 0 radical (unpaired) electrons. The van der Waals surface area contributed by atoms with Crippen LogP contribution in [0.1, 0.15) is 51.2 Å². The number of benzene rings is 4. The fourth-order valence-corrected chi connectivity index (χ4v) is 5.09. The Morgan fingerprint density at radius 1 is 0.792 bits per heavy atom. The van der Waals surface area contributed by atoms with E-state index in [2.05, 4.69) is 0 Å². The first-order valence-electron chi connectivity index (χ1n) is 15.9. The molecule has 10 nitrogen and oxygen atoms in total. The number of nitrogens with two attached hydrogens (primary N) is 2. The number of rotatable bonds is 13. The summed E-state index contributed by atoms with van der Waals surface area (Å²) in [4.78, 5) is 57.0. The Morgan fingerprint density at radius 3 is 2.02 bits per heavy atom. The average Bonchev–Trinajstić information content (AvgIpc) is 3.07. The molecule has 0 fully saturated rings. The molecule has 0 aliphatic heterocycles. The van der Waals surface area contributed by atoms with Gasteiger partial charge < -0.3 is 25.7 Å². The monoisotopic (exact) mass is 653 g/mol. The second kappa shape index (κ2) is 16.2. The molecule has 0 aliphatic rings. The molecule has 0 saturated heterocycles. The van der Waals surface area contributed by atoms with E-state index in [-0.39, 0.29) is 44.6 Å². The predicted molar refractivity (Wildman–Crippen MR) is 183 cm³/mol. The van der Waals surface area contributed by atoms with Crippen LogP contribution in [0.5, 0.6) is 5.75 Å². The number of carbonyl (C=O) groups excluding carboxylic acids is 4. The molecule has 2 amide bonds.